The van der Waals surface area contributed by atoms with Crippen LogP contribution in [0.1, 0.15) is 52.9 Å². The molecule has 2 aliphatic heterocycles. The maximum atomic E-state index is 2.95. The Labute approximate surface area is 93.2 Å². The fraction of sp³-hybridized carbons (Fsp3) is 1.00. The molecule has 4 aliphatic rings. The number of piperidine rings is 1. The van der Waals surface area contributed by atoms with E-state index in [1.165, 1.54) is 38.6 Å². The summed E-state index contributed by atoms with van der Waals surface area (Å²) in [6, 6.07) is 1.00. The van der Waals surface area contributed by atoms with Crippen molar-refractivity contribution in [1.29, 1.82) is 0 Å². The summed E-state index contributed by atoms with van der Waals surface area (Å²) in [5.74, 6) is 1.08. The molecule has 1 unspecified atom stereocenters. The lowest BCUT2D eigenvalue weighted by Crippen LogP contribution is -2.51. The third-order valence-corrected chi connectivity index (χ3v) is 5.96. The molecule has 0 aromatic rings. The summed E-state index contributed by atoms with van der Waals surface area (Å²) in [6.07, 6.45) is 7.62. The fourth-order valence-electron chi connectivity index (χ4n) is 4.69. The van der Waals surface area contributed by atoms with Crippen molar-refractivity contribution < 1.29 is 0 Å². The lowest BCUT2D eigenvalue weighted by molar-refractivity contribution is 0.0422. The molecule has 2 saturated carbocycles. The van der Waals surface area contributed by atoms with Gasteiger partial charge in [-0.3, -0.25) is 4.90 Å². The van der Waals surface area contributed by atoms with Crippen LogP contribution in [0.2, 0.25) is 0 Å². The molecule has 1 spiro atoms. The Morgan fingerprint density at radius 1 is 1.20 bits per heavy atom. The number of fused-ring (bicyclic) bond motifs is 3. The lowest BCUT2D eigenvalue weighted by atomic mass is 9.68. The lowest BCUT2D eigenvalue weighted by Gasteiger charge is -2.46. The Kier molecular flexibility index (Phi) is 1.30. The van der Waals surface area contributed by atoms with E-state index < -0.39 is 0 Å². The van der Waals surface area contributed by atoms with Crippen molar-refractivity contribution in [3.8, 4) is 0 Å². The van der Waals surface area contributed by atoms with Crippen molar-refractivity contribution in [2.24, 2.45) is 16.7 Å². The molecule has 2 heterocycles. The van der Waals surface area contributed by atoms with Gasteiger partial charge < -0.3 is 0 Å². The molecule has 1 heteroatoms. The van der Waals surface area contributed by atoms with E-state index in [-0.39, 0.29) is 0 Å². The Hall–Kier alpha value is -0.0400. The molecular formula is C14H23N. The quantitative estimate of drug-likeness (QED) is 0.587. The topological polar surface area (TPSA) is 3.24 Å². The molecule has 3 atom stereocenters. The van der Waals surface area contributed by atoms with Crippen molar-refractivity contribution in [1.82, 2.24) is 4.90 Å². The van der Waals surface area contributed by atoms with Gasteiger partial charge in [0.1, 0.15) is 0 Å². The summed E-state index contributed by atoms with van der Waals surface area (Å²) in [5.41, 5.74) is 1.88. The van der Waals surface area contributed by atoms with Crippen LogP contribution in [-0.4, -0.2) is 23.0 Å². The molecule has 1 nitrogen and oxygen atoms in total. The largest absolute Gasteiger partial charge is 0.293 e. The van der Waals surface area contributed by atoms with Crippen molar-refractivity contribution in [2.45, 2.75) is 64.5 Å². The third kappa shape index (κ3) is 0.945. The number of hydrogen-bond donors (Lipinski definition) is 0. The van der Waals surface area contributed by atoms with E-state index in [1.807, 2.05) is 0 Å². The van der Waals surface area contributed by atoms with Crippen LogP contribution in [0.25, 0.3) is 0 Å². The average molecular weight is 205 g/mol. The summed E-state index contributed by atoms with van der Waals surface area (Å²) < 4.78 is 0. The summed E-state index contributed by atoms with van der Waals surface area (Å²) >= 11 is 0. The van der Waals surface area contributed by atoms with E-state index in [9.17, 15) is 0 Å². The molecule has 0 aromatic heterocycles. The minimum absolute atomic E-state index is 0.493. The van der Waals surface area contributed by atoms with Gasteiger partial charge in [0, 0.05) is 18.1 Å². The van der Waals surface area contributed by atoms with Crippen LogP contribution in [-0.2, 0) is 0 Å². The van der Waals surface area contributed by atoms with Gasteiger partial charge in [-0.25, -0.2) is 0 Å². The van der Waals surface area contributed by atoms with Crippen LogP contribution in [0.4, 0.5) is 0 Å². The molecule has 0 N–H and O–H groups in total. The highest BCUT2D eigenvalue weighted by atomic mass is 15.3. The average Bonchev–Trinajstić information content (AvgIpc) is 2.90. The first-order chi connectivity index (χ1) is 6.96. The monoisotopic (exact) mass is 205 g/mol. The molecule has 15 heavy (non-hydrogen) atoms. The fourth-order valence-corrected chi connectivity index (χ4v) is 4.69. The summed E-state index contributed by atoms with van der Waals surface area (Å²) in [4.78, 5) is 2.95. The van der Waals surface area contributed by atoms with Gasteiger partial charge in [-0.1, -0.05) is 20.8 Å². The van der Waals surface area contributed by atoms with Crippen LogP contribution >= 0.6 is 0 Å². The molecule has 0 radical (unpaired) electrons. The zero-order valence-electron chi connectivity index (χ0n) is 10.3. The second kappa shape index (κ2) is 2.16. The highest BCUT2D eigenvalue weighted by Crippen LogP contribution is 2.70. The number of hydrogen-bond acceptors (Lipinski definition) is 1. The first-order valence-electron chi connectivity index (χ1n) is 6.73. The van der Waals surface area contributed by atoms with Crippen molar-refractivity contribution in [3.63, 3.8) is 0 Å². The Morgan fingerprint density at radius 2 is 1.93 bits per heavy atom. The first-order valence-corrected chi connectivity index (χ1v) is 6.73. The molecule has 4 fully saturated rings. The minimum atomic E-state index is 0.493. The normalized spacial score (nSPS) is 50.6. The van der Waals surface area contributed by atoms with Crippen LogP contribution in [0, 0.1) is 16.7 Å². The molecule has 0 amide bonds. The molecule has 2 saturated heterocycles. The zero-order chi connectivity index (χ0) is 10.5. The highest BCUT2D eigenvalue weighted by Gasteiger charge is 2.71. The van der Waals surface area contributed by atoms with Crippen LogP contribution in [0.5, 0.6) is 0 Å². The molecule has 0 aromatic carbocycles. The van der Waals surface area contributed by atoms with E-state index in [0.717, 1.165) is 17.4 Å². The van der Waals surface area contributed by atoms with Gasteiger partial charge in [0.25, 0.3) is 0 Å². The second-order valence-electron chi connectivity index (χ2n) is 7.85. The maximum absolute atomic E-state index is 2.95. The smallest absolute Gasteiger partial charge is 0.0270 e. The first kappa shape index (κ1) is 9.04. The summed E-state index contributed by atoms with van der Waals surface area (Å²) in [6.45, 7) is 8.88. The number of nitrogens with zero attached hydrogens (tertiary/aromatic N) is 1. The van der Waals surface area contributed by atoms with E-state index in [2.05, 4.69) is 25.7 Å². The van der Waals surface area contributed by atoms with Gasteiger partial charge in [-0.05, 0) is 48.9 Å². The molecular weight excluding hydrogens is 182 g/mol. The van der Waals surface area contributed by atoms with Gasteiger partial charge in [0.2, 0.25) is 0 Å². The molecule has 4 rings (SSSR count). The van der Waals surface area contributed by atoms with Gasteiger partial charge in [0.05, 0.1) is 0 Å². The predicted molar refractivity (Wildman–Crippen MR) is 61.7 cm³/mol. The molecule has 0 bridgehead atoms. The Balaban J connectivity index is 1.76. The van der Waals surface area contributed by atoms with Crippen LogP contribution in [0.3, 0.4) is 0 Å². The predicted octanol–water partition coefficient (Wildman–Crippen LogP) is 3.05. The van der Waals surface area contributed by atoms with Crippen molar-refractivity contribution in [2.75, 3.05) is 6.54 Å². The van der Waals surface area contributed by atoms with E-state index in [4.69, 9.17) is 0 Å². The van der Waals surface area contributed by atoms with Crippen molar-refractivity contribution in [3.05, 3.63) is 0 Å². The van der Waals surface area contributed by atoms with E-state index in [0.29, 0.717) is 11.0 Å². The second-order valence-corrected chi connectivity index (χ2v) is 7.85. The van der Waals surface area contributed by atoms with Gasteiger partial charge >= 0.3 is 0 Å². The van der Waals surface area contributed by atoms with Gasteiger partial charge in [-0.15, -0.1) is 0 Å². The minimum Gasteiger partial charge on any atom is -0.293 e. The van der Waals surface area contributed by atoms with Gasteiger partial charge in [-0.2, -0.15) is 0 Å². The van der Waals surface area contributed by atoms with Crippen LogP contribution in [0.15, 0.2) is 0 Å². The van der Waals surface area contributed by atoms with Crippen LogP contribution < -0.4 is 0 Å². The van der Waals surface area contributed by atoms with Gasteiger partial charge in [0.15, 0.2) is 0 Å². The highest BCUT2D eigenvalue weighted by molar-refractivity contribution is 5.25. The van der Waals surface area contributed by atoms with E-state index >= 15 is 0 Å². The SMILES string of the molecule is CC(C)(C)C12C[C@H]3C[C@H]3N1CC1(CC1)C2. The Morgan fingerprint density at radius 3 is 2.47 bits per heavy atom. The third-order valence-electron chi connectivity index (χ3n) is 5.96. The molecule has 84 valence electrons. The summed E-state index contributed by atoms with van der Waals surface area (Å²) in [7, 11) is 0. The zero-order valence-corrected chi connectivity index (χ0v) is 10.3. The maximum Gasteiger partial charge on any atom is 0.0270 e. The summed E-state index contributed by atoms with van der Waals surface area (Å²) in [5, 5.41) is 0. The van der Waals surface area contributed by atoms with Crippen molar-refractivity contribution >= 4 is 0 Å². The molecule has 2 aliphatic carbocycles. The standard InChI is InChI=1S/C14H23N/c1-12(2,3)14-7-10-6-11(10)15(14)9-13(8-14)4-5-13/h10-11H,4-9H2,1-3H3/t10-,11-,14?/m1/s1. The van der Waals surface area contributed by atoms with E-state index in [1.54, 1.807) is 0 Å². The Bertz CT molecular complexity index is 323. The number of rotatable bonds is 0.